The lowest BCUT2D eigenvalue weighted by Gasteiger charge is -2.22. The van der Waals surface area contributed by atoms with Crippen LogP contribution in [0.4, 0.5) is 5.69 Å². The number of anilines is 1. The van der Waals surface area contributed by atoms with Crippen molar-refractivity contribution in [2.45, 2.75) is 27.3 Å². The van der Waals surface area contributed by atoms with Crippen molar-refractivity contribution < 1.29 is 9.59 Å². The molecule has 0 saturated heterocycles. The van der Waals surface area contributed by atoms with Gasteiger partial charge in [0.1, 0.15) is 5.41 Å². The van der Waals surface area contributed by atoms with Gasteiger partial charge in [0.05, 0.1) is 12.2 Å². The maximum atomic E-state index is 12.5. The van der Waals surface area contributed by atoms with Gasteiger partial charge in [0.25, 0.3) is 0 Å². The molecule has 2 N–H and O–H groups in total. The molecular weight excluding hydrogens is 326 g/mol. The van der Waals surface area contributed by atoms with E-state index < -0.39 is 11.3 Å². The number of pyridine rings is 1. The smallest absolute Gasteiger partial charge is 0.239 e. The molecule has 0 aliphatic rings. The van der Waals surface area contributed by atoms with Gasteiger partial charge in [0, 0.05) is 16.9 Å². The fourth-order valence-electron chi connectivity index (χ4n) is 1.96. The zero-order valence-corrected chi connectivity index (χ0v) is 14.6. The molecule has 0 saturated carbocycles. The third-order valence-electron chi connectivity index (χ3n) is 3.72. The lowest BCUT2D eigenvalue weighted by atomic mass is 9.91. The molecule has 1 aromatic carbocycles. The van der Waals surface area contributed by atoms with Crippen molar-refractivity contribution in [2.75, 3.05) is 5.32 Å². The first-order chi connectivity index (χ1) is 11.3. The summed E-state index contributed by atoms with van der Waals surface area (Å²) in [4.78, 5) is 29.0. The molecule has 2 aromatic rings. The Labute approximate surface area is 146 Å². The molecule has 0 radical (unpaired) electrons. The Hall–Kier alpha value is -2.40. The molecule has 0 atom stereocenters. The van der Waals surface area contributed by atoms with Gasteiger partial charge in [-0.25, -0.2) is 0 Å². The Morgan fingerprint density at radius 3 is 2.54 bits per heavy atom. The van der Waals surface area contributed by atoms with E-state index >= 15 is 0 Å². The fraction of sp³-hybridized carbons (Fsp3) is 0.278. The molecule has 1 heterocycles. The average molecular weight is 346 g/mol. The Bertz CT molecular complexity index is 745. The third kappa shape index (κ3) is 4.32. The SMILES string of the molecule is Cc1ccc(NC(=O)C(C)(C)C(=O)NCc2ccccn2)cc1Cl. The predicted molar refractivity (Wildman–Crippen MR) is 94.7 cm³/mol. The van der Waals surface area contributed by atoms with Crippen molar-refractivity contribution in [2.24, 2.45) is 5.41 Å². The summed E-state index contributed by atoms with van der Waals surface area (Å²) in [5.41, 5.74) is 0.974. The van der Waals surface area contributed by atoms with Crippen LogP contribution in [0.5, 0.6) is 0 Å². The zero-order chi connectivity index (χ0) is 17.7. The Morgan fingerprint density at radius 1 is 1.17 bits per heavy atom. The summed E-state index contributed by atoms with van der Waals surface area (Å²) in [6.45, 7) is 5.30. The predicted octanol–water partition coefficient (Wildman–Crippen LogP) is 3.32. The lowest BCUT2D eigenvalue weighted by Crippen LogP contribution is -2.44. The first kappa shape index (κ1) is 17.9. The number of aryl methyl sites for hydroxylation is 1. The molecule has 0 spiro atoms. The number of aromatic nitrogens is 1. The van der Waals surface area contributed by atoms with E-state index in [-0.39, 0.29) is 12.5 Å². The van der Waals surface area contributed by atoms with Crippen LogP contribution in [0.15, 0.2) is 42.6 Å². The van der Waals surface area contributed by atoms with Crippen LogP contribution in [0.25, 0.3) is 0 Å². The number of benzene rings is 1. The van der Waals surface area contributed by atoms with Gasteiger partial charge in [-0.15, -0.1) is 0 Å². The molecule has 0 fully saturated rings. The van der Waals surface area contributed by atoms with Crippen LogP contribution < -0.4 is 10.6 Å². The van der Waals surface area contributed by atoms with Crippen LogP contribution in [0.1, 0.15) is 25.1 Å². The Morgan fingerprint density at radius 2 is 1.92 bits per heavy atom. The summed E-state index contributed by atoms with van der Waals surface area (Å²) in [7, 11) is 0. The van der Waals surface area contributed by atoms with Crippen molar-refractivity contribution >= 4 is 29.1 Å². The van der Waals surface area contributed by atoms with Crippen molar-refractivity contribution in [1.82, 2.24) is 10.3 Å². The molecule has 0 unspecified atom stereocenters. The monoisotopic (exact) mass is 345 g/mol. The maximum absolute atomic E-state index is 12.5. The summed E-state index contributed by atoms with van der Waals surface area (Å²) in [5.74, 6) is -0.773. The highest BCUT2D eigenvalue weighted by Crippen LogP contribution is 2.23. The summed E-state index contributed by atoms with van der Waals surface area (Å²) < 4.78 is 0. The van der Waals surface area contributed by atoms with Crippen molar-refractivity contribution in [3.63, 3.8) is 0 Å². The number of amides is 2. The molecule has 1 aromatic heterocycles. The normalized spacial score (nSPS) is 11.0. The van der Waals surface area contributed by atoms with Gasteiger partial charge >= 0.3 is 0 Å². The molecule has 0 aliphatic heterocycles. The molecule has 24 heavy (non-hydrogen) atoms. The number of hydrogen-bond acceptors (Lipinski definition) is 3. The highest BCUT2D eigenvalue weighted by Gasteiger charge is 2.36. The van der Waals surface area contributed by atoms with Crippen LogP contribution in [-0.2, 0) is 16.1 Å². The largest absolute Gasteiger partial charge is 0.350 e. The van der Waals surface area contributed by atoms with Crippen LogP contribution in [0.2, 0.25) is 5.02 Å². The average Bonchev–Trinajstić information content (AvgIpc) is 2.56. The summed E-state index contributed by atoms with van der Waals surface area (Å²) in [6, 6.07) is 10.7. The van der Waals surface area contributed by atoms with E-state index in [1.54, 1.807) is 38.2 Å². The fourth-order valence-corrected chi connectivity index (χ4v) is 2.14. The van der Waals surface area contributed by atoms with Gasteiger partial charge in [-0.05, 0) is 50.6 Å². The molecule has 0 aliphatic carbocycles. The van der Waals surface area contributed by atoms with Gasteiger partial charge in [0.2, 0.25) is 11.8 Å². The van der Waals surface area contributed by atoms with E-state index in [0.717, 1.165) is 11.3 Å². The summed E-state index contributed by atoms with van der Waals surface area (Å²) in [6.07, 6.45) is 1.65. The van der Waals surface area contributed by atoms with E-state index in [0.29, 0.717) is 10.7 Å². The standard InChI is InChI=1S/C18H20ClN3O2/c1-12-7-8-13(10-15(12)19)22-17(24)18(2,3)16(23)21-11-14-6-4-5-9-20-14/h4-10H,11H2,1-3H3,(H,21,23)(H,22,24). The van der Waals surface area contributed by atoms with Crippen molar-refractivity contribution in [3.05, 3.63) is 58.9 Å². The van der Waals surface area contributed by atoms with Crippen molar-refractivity contribution in [3.8, 4) is 0 Å². The van der Waals surface area contributed by atoms with Crippen molar-refractivity contribution in [1.29, 1.82) is 0 Å². The minimum Gasteiger partial charge on any atom is -0.350 e. The summed E-state index contributed by atoms with van der Waals surface area (Å²) >= 11 is 6.05. The number of nitrogens with zero attached hydrogens (tertiary/aromatic N) is 1. The van der Waals surface area contributed by atoms with Gasteiger partial charge in [-0.3, -0.25) is 14.6 Å². The second-order valence-electron chi connectivity index (χ2n) is 6.05. The van der Waals surface area contributed by atoms with E-state index in [4.69, 9.17) is 11.6 Å². The molecular formula is C18H20ClN3O2. The van der Waals surface area contributed by atoms with E-state index in [1.807, 2.05) is 25.1 Å². The van der Waals surface area contributed by atoms with E-state index in [9.17, 15) is 9.59 Å². The van der Waals surface area contributed by atoms with Gasteiger partial charge in [-0.1, -0.05) is 23.7 Å². The number of hydrogen-bond donors (Lipinski definition) is 2. The number of nitrogens with one attached hydrogen (secondary N) is 2. The Balaban J connectivity index is 2.00. The second kappa shape index (κ2) is 7.45. The number of carbonyl (C=O) groups excluding carboxylic acids is 2. The van der Waals surface area contributed by atoms with Crippen LogP contribution >= 0.6 is 11.6 Å². The van der Waals surface area contributed by atoms with Gasteiger partial charge in [0.15, 0.2) is 0 Å². The molecule has 0 bridgehead atoms. The Kier molecular flexibility index (Phi) is 5.57. The van der Waals surface area contributed by atoms with Gasteiger partial charge in [-0.2, -0.15) is 0 Å². The number of halogens is 1. The zero-order valence-electron chi connectivity index (χ0n) is 13.9. The van der Waals surface area contributed by atoms with Crippen LogP contribution in [0.3, 0.4) is 0 Å². The minimum absolute atomic E-state index is 0.271. The topological polar surface area (TPSA) is 71.1 Å². The number of rotatable bonds is 5. The molecule has 2 rings (SSSR count). The van der Waals surface area contributed by atoms with Crippen LogP contribution in [0, 0.1) is 12.3 Å². The molecule has 2 amide bonds. The minimum atomic E-state index is -1.23. The molecule has 5 nitrogen and oxygen atoms in total. The maximum Gasteiger partial charge on any atom is 0.239 e. The quantitative estimate of drug-likeness (QED) is 0.816. The van der Waals surface area contributed by atoms with E-state index in [2.05, 4.69) is 15.6 Å². The van der Waals surface area contributed by atoms with E-state index in [1.165, 1.54) is 0 Å². The summed E-state index contributed by atoms with van der Waals surface area (Å²) in [5, 5.41) is 6.03. The highest BCUT2D eigenvalue weighted by molar-refractivity contribution is 6.31. The van der Waals surface area contributed by atoms with Gasteiger partial charge < -0.3 is 10.6 Å². The third-order valence-corrected chi connectivity index (χ3v) is 4.13. The first-order valence-corrected chi connectivity index (χ1v) is 7.94. The highest BCUT2D eigenvalue weighted by atomic mass is 35.5. The molecule has 126 valence electrons. The molecule has 6 heteroatoms. The van der Waals surface area contributed by atoms with Crippen LogP contribution in [-0.4, -0.2) is 16.8 Å². The lowest BCUT2D eigenvalue weighted by molar-refractivity contribution is -0.138. The second-order valence-corrected chi connectivity index (χ2v) is 6.45. The first-order valence-electron chi connectivity index (χ1n) is 7.56. The number of carbonyl (C=O) groups is 2.